The van der Waals surface area contributed by atoms with E-state index in [1.165, 1.54) is 12.1 Å². The van der Waals surface area contributed by atoms with Gasteiger partial charge in [0.15, 0.2) is 0 Å². The fourth-order valence-corrected chi connectivity index (χ4v) is 2.92. The fraction of sp³-hybridized carbons (Fsp3) is 0.0667. The third kappa shape index (κ3) is 2.35. The number of rotatable bonds is 2. The van der Waals surface area contributed by atoms with E-state index in [2.05, 4.69) is 15.9 Å². The number of furan rings is 1. The molecule has 3 aromatic rings. The highest BCUT2D eigenvalue weighted by molar-refractivity contribution is 9.10. The zero-order valence-electron chi connectivity index (χ0n) is 10.2. The number of hydrogen-bond acceptors (Lipinski definition) is 2. The molecule has 1 heterocycles. The first kappa shape index (κ1) is 13.6. The van der Waals surface area contributed by atoms with Gasteiger partial charge in [0.25, 0.3) is 0 Å². The second kappa shape index (κ2) is 5.20. The summed E-state index contributed by atoms with van der Waals surface area (Å²) in [5.74, 6) is 0.265. The summed E-state index contributed by atoms with van der Waals surface area (Å²) in [6.07, 6.45) is 0. The van der Waals surface area contributed by atoms with E-state index in [0.717, 1.165) is 10.9 Å². The molecule has 0 aliphatic carbocycles. The van der Waals surface area contributed by atoms with Gasteiger partial charge in [0.1, 0.15) is 17.2 Å². The van der Waals surface area contributed by atoms with Gasteiger partial charge in [0.2, 0.25) is 0 Å². The maximum atomic E-state index is 13.1. The van der Waals surface area contributed by atoms with Crippen LogP contribution in [0, 0.1) is 5.82 Å². The molecule has 20 heavy (non-hydrogen) atoms. The SMILES string of the molecule is NC(c1cc2c(Cl)cccc2o1)c1ccc(F)cc1Br. The molecule has 2 N–H and O–H groups in total. The van der Waals surface area contributed by atoms with Crippen LogP contribution >= 0.6 is 27.5 Å². The Morgan fingerprint density at radius 2 is 2.00 bits per heavy atom. The first-order chi connectivity index (χ1) is 9.56. The molecular weight excluding hydrogens is 345 g/mol. The maximum Gasteiger partial charge on any atom is 0.135 e. The van der Waals surface area contributed by atoms with Crippen LogP contribution in [0.4, 0.5) is 4.39 Å². The lowest BCUT2D eigenvalue weighted by atomic mass is 10.1. The number of halogens is 3. The van der Waals surface area contributed by atoms with E-state index in [-0.39, 0.29) is 5.82 Å². The van der Waals surface area contributed by atoms with Crippen LogP contribution in [0.25, 0.3) is 11.0 Å². The predicted octanol–water partition coefficient (Wildman–Crippen LogP) is 5.04. The van der Waals surface area contributed by atoms with Gasteiger partial charge in [0, 0.05) is 9.86 Å². The summed E-state index contributed by atoms with van der Waals surface area (Å²) >= 11 is 9.43. The van der Waals surface area contributed by atoms with Gasteiger partial charge in [-0.3, -0.25) is 0 Å². The summed E-state index contributed by atoms with van der Waals surface area (Å²) in [5, 5.41) is 1.43. The van der Waals surface area contributed by atoms with Gasteiger partial charge in [-0.25, -0.2) is 4.39 Å². The van der Waals surface area contributed by atoms with Gasteiger partial charge < -0.3 is 10.2 Å². The second-order valence-corrected chi connectivity index (χ2v) is 5.71. The summed E-state index contributed by atoms with van der Waals surface area (Å²) < 4.78 is 19.5. The van der Waals surface area contributed by atoms with Crippen LogP contribution in [0.1, 0.15) is 17.4 Å². The molecule has 0 radical (unpaired) electrons. The highest BCUT2D eigenvalue weighted by Gasteiger charge is 2.18. The third-order valence-corrected chi connectivity index (χ3v) is 4.15. The lowest BCUT2D eigenvalue weighted by Gasteiger charge is -2.11. The van der Waals surface area contributed by atoms with E-state index in [0.29, 0.717) is 20.8 Å². The Morgan fingerprint density at radius 1 is 1.20 bits per heavy atom. The van der Waals surface area contributed by atoms with Crippen LogP contribution in [-0.2, 0) is 0 Å². The molecule has 0 saturated carbocycles. The Hall–Kier alpha value is -1.36. The van der Waals surface area contributed by atoms with Gasteiger partial charge in [-0.1, -0.05) is 39.7 Å². The van der Waals surface area contributed by atoms with E-state index >= 15 is 0 Å². The molecule has 1 atom stereocenters. The predicted molar refractivity (Wildman–Crippen MR) is 81.4 cm³/mol. The standard InChI is InChI=1S/C15H10BrClFNO/c16-11-6-8(18)4-5-9(11)15(19)14-7-10-12(17)2-1-3-13(10)20-14/h1-7,15H,19H2. The lowest BCUT2D eigenvalue weighted by Crippen LogP contribution is -2.11. The minimum Gasteiger partial charge on any atom is -0.459 e. The van der Waals surface area contributed by atoms with E-state index in [1.807, 2.05) is 18.2 Å². The van der Waals surface area contributed by atoms with Crippen molar-refractivity contribution in [2.24, 2.45) is 5.73 Å². The first-order valence-electron chi connectivity index (χ1n) is 5.95. The van der Waals surface area contributed by atoms with Crippen molar-refractivity contribution in [1.82, 2.24) is 0 Å². The molecule has 3 rings (SSSR count). The molecule has 5 heteroatoms. The van der Waals surface area contributed by atoms with Crippen molar-refractivity contribution in [3.8, 4) is 0 Å². The van der Waals surface area contributed by atoms with Crippen molar-refractivity contribution in [3.63, 3.8) is 0 Å². The van der Waals surface area contributed by atoms with Crippen LogP contribution < -0.4 is 5.73 Å². The molecular formula is C15H10BrClFNO. The fourth-order valence-electron chi connectivity index (χ4n) is 2.11. The van der Waals surface area contributed by atoms with Gasteiger partial charge in [-0.15, -0.1) is 0 Å². The highest BCUT2D eigenvalue weighted by Crippen LogP contribution is 2.33. The Balaban J connectivity index is 2.08. The number of benzene rings is 2. The number of nitrogens with two attached hydrogens (primary N) is 1. The van der Waals surface area contributed by atoms with E-state index in [4.69, 9.17) is 21.8 Å². The first-order valence-corrected chi connectivity index (χ1v) is 7.12. The smallest absolute Gasteiger partial charge is 0.135 e. The molecule has 0 fully saturated rings. The Kier molecular flexibility index (Phi) is 3.54. The van der Waals surface area contributed by atoms with Gasteiger partial charge in [-0.05, 0) is 35.9 Å². The molecule has 1 unspecified atom stereocenters. The van der Waals surface area contributed by atoms with Crippen molar-refractivity contribution in [3.05, 3.63) is 69.1 Å². The van der Waals surface area contributed by atoms with E-state index in [1.54, 1.807) is 12.1 Å². The largest absolute Gasteiger partial charge is 0.459 e. The summed E-state index contributed by atoms with van der Waals surface area (Å²) in [6.45, 7) is 0. The van der Waals surface area contributed by atoms with Crippen molar-refractivity contribution in [2.45, 2.75) is 6.04 Å². The normalized spacial score (nSPS) is 12.8. The Bertz CT molecular complexity index is 787. The van der Waals surface area contributed by atoms with Gasteiger partial charge in [-0.2, -0.15) is 0 Å². The van der Waals surface area contributed by atoms with Crippen LogP contribution in [0.3, 0.4) is 0 Å². The zero-order valence-corrected chi connectivity index (χ0v) is 12.6. The summed E-state index contributed by atoms with van der Waals surface area (Å²) in [4.78, 5) is 0. The van der Waals surface area contributed by atoms with Crippen LogP contribution in [0.5, 0.6) is 0 Å². The molecule has 0 aliphatic rings. The molecule has 2 nitrogen and oxygen atoms in total. The summed E-state index contributed by atoms with van der Waals surface area (Å²) in [5.41, 5.74) is 7.62. The van der Waals surface area contributed by atoms with Crippen molar-refractivity contribution in [1.29, 1.82) is 0 Å². The Morgan fingerprint density at radius 3 is 2.70 bits per heavy atom. The molecule has 2 aromatic carbocycles. The van der Waals surface area contributed by atoms with Gasteiger partial charge >= 0.3 is 0 Å². The van der Waals surface area contributed by atoms with Crippen molar-refractivity contribution in [2.75, 3.05) is 0 Å². The van der Waals surface area contributed by atoms with Crippen molar-refractivity contribution < 1.29 is 8.81 Å². The van der Waals surface area contributed by atoms with E-state index < -0.39 is 6.04 Å². The monoisotopic (exact) mass is 353 g/mol. The molecule has 102 valence electrons. The van der Waals surface area contributed by atoms with Gasteiger partial charge in [0.05, 0.1) is 11.1 Å². The molecule has 0 spiro atoms. The molecule has 0 amide bonds. The van der Waals surface area contributed by atoms with Crippen LogP contribution in [0.15, 0.2) is 51.4 Å². The highest BCUT2D eigenvalue weighted by atomic mass is 79.9. The second-order valence-electron chi connectivity index (χ2n) is 4.44. The minimum atomic E-state index is -0.492. The lowest BCUT2D eigenvalue weighted by molar-refractivity contribution is 0.523. The topological polar surface area (TPSA) is 39.2 Å². The maximum absolute atomic E-state index is 13.1. The third-order valence-electron chi connectivity index (χ3n) is 3.13. The average molecular weight is 355 g/mol. The number of fused-ring (bicyclic) bond motifs is 1. The van der Waals surface area contributed by atoms with E-state index in [9.17, 15) is 4.39 Å². The number of hydrogen-bond donors (Lipinski definition) is 1. The minimum absolute atomic E-state index is 0.319. The van der Waals surface area contributed by atoms with Crippen LogP contribution in [0.2, 0.25) is 5.02 Å². The summed E-state index contributed by atoms with van der Waals surface area (Å²) in [7, 11) is 0. The molecule has 0 aliphatic heterocycles. The quantitative estimate of drug-likeness (QED) is 0.700. The Labute approximate surface area is 128 Å². The van der Waals surface area contributed by atoms with Crippen molar-refractivity contribution >= 4 is 38.5 Å². The summed E-state index contributed by atoms with van der Waals surface area (Å²) in [6, 6.07) is 11.2. The zero-order chi connectivity index (χ0) is 14.3. The molecule has 1 aromatic heterocycles. The molecule has 0 bridgehead atoms. The average Bonchev–Trinajstić information content (AvgIpc) is 2.83. The van der Waals surface area contributed by atoms with Crippen LogP contribution in [-0.4, -0.2) is 0 Å². The molecule has 0 saturated heterocycles.